The molecule has 1 atom stereocenters. The van der Waals surface area contributed by atoms with E-state index >= 15 is 0 Å². The smallest absolute Gasteiger partial charge is 0.163 e. The van der Waals surface area contributed by atoms with E-state index in [1.807, 2.05) is 31.2 Å². The second-order valence-electron chi connectivity index (χ2n) is 6.11. The molecule has 3 nitrogen and oxygen atoms in total. The van der Waals surface area contributed by atoms with E-state index in [2.05, 4.69) is 6.92 Å². The van der Waals surface area contributed by atoms with Gasteiger partial charge in [-0.1, -0.05) is 51.2 Å². The summed E-state index contributed by atoms with van der Waals surface area (Å²) in [6, 6.07) is 7.80. The second kappa shape index (κ2) is 8.28. The van der Waals surface area contributed by atoms with Gasteiger partial charge in [0.15, 0.2) is 17.1 Å². The third-order valence-corrected chi connectivity index (χ3v) is 3.79. The summed E-state index contributed by atoms with van der Waals surface area (Å²) in [6.07, 6.45) is 7.72. The van der Waals surface area contributed by atoms with Crippen molar-refractivity contribution >= 4 is 0 Å². The first-order valence-electron chi connectivity index (χ1n) is 8.22. The van der Waals surface area contributed by atoms with Gasteiger partial charge in [0, 0.05) is 6.61 Å². The summed E-state index contributed by atoms with van der Waals surface area (Å²) < 4.78 is 17.6. The lowest BCUT2D eigenvalue weighted by Crippen LogP contribution is -2.46. The van der Waals surface area contributed by atoms with E-state index in [0.29, 0.717) is 13.2 Å². The predicted molar refractivity (Wildman–Crippen MR) is 85.2 cm³/mol. The molecule has 1 heterocycles. The molecule has 0 fully saturated rings. The molecule has 0 radical (unpaired) electrons. The second-order valence-corrected chi connectivity index (χ2v) is 6.11. The summed E-state index contributed by atoms with van der Waals surface area (Å²) in [4.78, 5) is 0. The predicted octanol–water partition coefficient (Wildman–Crippen LogP) is 4.59. The molecule has 1 aromatic carbocycles. The fourth-order valence-corrected chi connectivity index (χ4v) is 2.52. The van der Waals surface area contributed by atoms with Crippen LogP contribution in [0.25, 0.3) is 0 Å². The Labute approximate surface area is 128 Å². The molecular weight excluding hydrogens is 264 g/mol. The zero-order chi connectivity index (χ0) is 15.0. The average Bonchev–Trinajstić information content (AvgIpc) is 2.50. The minimum Gasteiger partial charge on any atom is -0.485 e. The molecular formula is C18H28O3. The third-order valence-electron chi connectivity index (χ3n) is 3.79. The molecule has 0 amide bonds. The van der Waals surface area contributed by atoms with Crippen molar-refractivity contribution < 1.29 is 14.2 Å². The Kier molecular flexibility index (Phi) is 6.37. The molecule has 0 saturated carbocycles. The van der Waals surface area contributed by atoms with E-state index in [4.69, 9.17) is 14.2 Å². The summed E-state index contributed by atoms with van der Waals surface area (Å²) in [6.45, 7) is 6.22. The van der Waals surface area contributed by atoms with Crippen molar-refractivity contribution in [3.05, 3.63) is 24.3 Å². The van der Waals surface area contributed by atoms with Crippen LogP contribution in [0.2, 0.25) is 0 Å². The van der Waals surface area contributed by atoms with Crippen molar-refractivity contribution in [3.8, 4) is 11.5 Å². The standard InChI is InChI=1S/C18H28O3/c1-3-4-5-6-7-10-13-19-14-18(2)15-20-16-11-8-9-12-17(16)21-18/h8-9,11-12H,3-7,10,13-15H2,1-2H3. The number of fused-ring (bicyclic) bond motifs is 1. The zero-order valence-electron chi connectivity index (χ0n) is 13.4. The lowest BCUT2D eigenvalue weighted by atomic mass is 10.1. The highest BCUT2D eigenvalue weighted by molar-refractivity contribution is 5.41. The number of hydrogen-bond acceptors (Lipinski definition) is 3. The van der Waals surface area contributed by atoms with E-state index < -0.39 is 0 Å². The lowest BCUT2D eigenvalue weighted by Gasteiger charge is -2.35. The SMILES string of the molecule is CCCCCCCCOCC1(C)COc2ccccc2O1. The van der Waals surface area contributed by atoms with Crippen LogP contribution in [0.3, 0.4) is 0 Å². The Bertz CT molecular complexity index is 419. The van der Waals surface area contributed by atoms with Crippen molar-refractivity contribution in [2.45, 2.75) is 58.0 Å². The maximum Gasteiger partial charge on any atom is 0.163 e. The number of hydrogen-bond donors (Lipinski definition) is 0. The highest BCUT2D eigenvalue weighted by Crippen LogP contribution is 2.34. The quantitative estimate of drug-likeness (QED) is 0.623. The van der Waals surface area contributed by atoms with E-state index in [-0.39, 0.29) is 5.60 Å². The molecule has 0 N–H and O–H groups in total. The molecule has 1 aliphatic heterocycles. The zero-order valence-corrected chi connectivity index (χ0v) is 13.4. The van der Waals surface area contributed by atoms with E-state index in [1.54, 1.807) is 0 Å². The summed E-state index contributed by atoms with van der Waals surface area (Å²) in [7, 11) is 0. The molecule has 0 aliphatic carbocycles. The van der Waals surface area contributed by atoms with Gasteiger partial charge in [0.25, 0.3) is 0 Å². The molecule has 0 spiro atoms. The van der Waals surface area contributed by atoms with Crippen LogP contribution in [0.5, 0.6) is 11.5 Å². The van der Waals surface area contributed by atoms with Crippen molar-refractivity contribution in [1.82, 2.24) is 0 Å². The van der Waals surface area contributed by atoms with Gasteiger partial charge >= 0.3 is 0 Å². The fourth-order valence-electron chi connectivity index (χ4n) is 2.52. The average molecular weight is 292 g/mol. The van der Waals surface area contributed by atoms with Gasteiger partial charge in [-0.3, -0.25) is 0 Å². The van der Waals surface area contributed by atoms with Crippen LogP contribution in [-0.2, 0) is 4.74 Å². The maximum absolute atomic E-state index is 6.03. The van der Waals surface area contributed by atoms with Crippen LogP contribution in [-0.4, -0.2) is 25.4 Å². The van der Waals surface area contributed by atoms with Gasteiger partial charge in [0.05, 0.1) is 6.61 Å². The molecule has 0 aromatic heterocycles. The first kappa shape index (κ1) is 16.2. The van der Waals surface area contributed by atoms with Crippen molar-refractivity contribution in [3.63, 3.8) is 0 Å². The molecule has 1 unspecified atom stereocenters. The van der Waals surface area contributed by atoms with E-state index in [9.17, 15) is 0 Å². The Morgan fingerprint density at radius 1 is 1.05 bits per heavy atom. The topological polar surface area (TPSA) is 27.7 Å². The number of rotatable bonds is 9. The Balaban J connectivity index is 1.63. The maximum atomic E-state index is 6.03. The summed E-state index contributed by atoms with van der Waals surface area (Å²) in [5, 5.41) is 0. The number of unbranched alkanes of at least 4 members (excludes halogenated alkanes) is 5. The van der Waals surface area contributed by atoms with Crippen LogP contribution in [0.15, 0.2) is 24.3 Å². The first-order chi connectivity index (χ1) is 10.2. The fraction of sp³-hybridized carbons (Fsp3) is 0.667. The summed E-state index contributed by atoms with van der Waals surface area (Å²) in [5.74, 6) is 1.64. The number of benzene rings is 1. The van der Waals surface area contributed by atoms with Crippen LogP contribution >= 0.6 is 0 Å². The molecule has 2 rings (SSSR count). The first-order valence-corrected chi connectivity index (χ1v) is 8.22. The van der Waals surface area contributed by atoms with E-state index in [1.165, 1.54) is 32.1 Å². The van der Waals surface area contributed by atoms with Crippen LogP contribution in [0.1, 0.15) is 52.4 Å². The molecule has 0 bridgehead atoms. The molecule has 1 aromatic rings. The lowest BCUT2D eigenvalue weighted by molar-refractivity contribution is -0.0590. The minimum absolute atomic E-state index is 0.378. The van der Waals surface area contributed by atoms with Gasteiger partial charge < -0.3 is 14.2 Å². The highest BCUT2D eigenvalue weighted by atomic mass is 16.6. The molecule has 0 saturated heterocycles. The van der Waals surface area contributed by atoms with Crippen LogP contribution < -0.4 is 9.47 Å². The Hall–Kier alpha value is -1.22. The molecule has 1 aliphatic rings. The van der Waals surface area contributed by atoms with Gasteiger partial charge in [-0.25, -0.2) is 0 Å². The van der Waals surface area contributed by atoms with Crippen LogP contribution in [0.4, 0.5) is 0 Å². The van der Waals surface area contributed by atoms with Gasteiger partial charge in [0.1, 0.15) is 6.61 Å². The van der Waals surface area contributed by atoms with Crippen LogP contribution in [0, 0.1) is 0 Å². The van der Waals surface area contributed by atoms with Gasteiger partial charge in [-0.2, -0.15) is 0 Å². The van der Waals surface area contributed by atoms with Crippen molar-refractivity contribution in [2.75, 3.05) is 19.8 Å². The monoisotopic (exact) mass is 292 g/mol. The summed E-state index contributed by atoms with van der Waals surface area (Å²) in [5.41, 5.74) is -0.378. The number of ether oxygens (including phenoxy) is 3. The molecule has 3 heteroatoms. The van der Waals surface area contributed by atoms with E-state index in [0.717, 1.165) is 24.5 Å². The Morgan fingerprint density at radius 2 is 1.76 bits per heavy atom. The molecule has 21 heavy (non-hydrogen) atoms. The summed E-state index contributed by atoms with van der Waals surface area (Å²) >= 11 is 0. The largest absolute Gasteiger partial charge is 0.485 e. The molecule has 118 valence electrons. The highest BCUT2D eigenvalue weighted by Gasteiger charge is 2.33. The number of para-hydroxylation sites is 2. The van der Waals surface area contributed by atoms with Crippen molar-refractivity contribution in [1.29, 1.82) is 0 Å². The van der Waals surface area contributed by atoms with Gasteiger partial charge in [-0.15, -0.1) is 0 Å². The van der Waals surface area contributed by atoms with Gasteiger partial charge in [-0.05, 0) is 25.5 Å². The van der Waals surface area contributed by atoms with Crippen molar-refractivity contribution in [2.24, 2.45) is 0 Å². The normalized spacial score (nSPS) is 20.5. The third kappa shape index (κ3) is 5.24. The minimum atomic E-state index is -0.378. The Morgan fingerprint density at radius 3 is 2.57 bits per heavy atom. The van der Waals surface area contributed by atoms with Gasteiger partial charge in [0.2, 0.25) is 0 Å².